The summed E-state index contributed by atoms with van der Waals surface area (Å²) in [5.41, 5.74) is 0.585. The number of sulfone groups is 1. The number of aromatic nitrogens is 1. The van der Waals surface area contributed by atoms with Gasteiger partial charge in [-0.05, 0) is 44.2 Å². The lowest BCUT2D eigenvalue weighted by Crippen LogP contribution is -2.45. The van der Waals surface area contributed by atoms with Crippen molar-refractivity contribution < 1.29 is 27.0 Å². The Kier molecular flexibility index (Phi) is 5.72. The molecule has 8 nitrogen and oxygen atoms in total. The Morgan fingerprint density at radius 3 is 2.45 bits per heavy atom. The van der Waals surface area contributed by atoms with Gasteiger partial charge < -0.3 is 23.5 Å². The Morgan fingerprint density at radius 2 is 1.73 bits per heavy atom. The van der Waals surface area contributed by atoms with E-state index in [1.807, 2.05) is 18.7 Å². The van der Waals surface area contributed by atoms with E-state index in [0.717, 1.165) is 0 Å². The first kappa shape index (κ1) is 22.1. The fraction of sp³-hybridized carbons (Fsp3) is 0.348. The first-order valence-electron chi connectivity index (χ1n) is 10.6. The molecular formula is C23H23ClN2O6S. The van der Waals surface area contributed by atoms with E-state index in [9.17, 15) is 8.42 Å². The lowest BCUT2D eigenvalue weighted by molar-refractivity contribution is -0.00657. The van der Waals surface area contributed by atoms with Crippen molar-refractivity contribution in [3.05, 3.63) is 47.5 Å². The average molecular weight is 491 g/mol. The lowest BCUT2D eigenvalue weighted by Gasteiger charge is -2.35. The SMILES string of the molecule is CC1CN(c2oc(-c3cccc(Cl)c3)nc2S(=O)(=O)c2ccc3c(c2)OCCO3)CC(C)O1. The summed E-state index contributed by atoms with van der Waals surface area (Å²) >= 11 is 6.14. The van der Waals surface area contributed by atoms with E-state index in [4.69, 9.17) is 30.2 Å². The van der Waals surface area contributed by atoms with Crippen molar-refractivity contribution in [1.29, 1.82) is 0 Å². The highest BCUT2D eigenvalue weighted by atomic mass is 35.5. The summed E-state index contributed by atoms with van der Waals surface area (Å²) in [5.74, 6) is 1.25. The molecule has 0 radical (unpaired) electrons. The average Bonchev–Trinajstić information content (AvgIpc) is 3.25. The van der Waals surface area contributed by atoms with E-state index in [2.05, 4.69) is 4.98 Å². The number of rotatable bonds is 4. The number of hydrogen-bond donors (Lipinski definition) is 0. The van der Waals surface area contributed by atoms with Crippen LogP contribution in [0.4, 0.5) is 5.88 Å². The Morgan fingerprint density at radius 1 is 1.00 bits per heavy atom. The van der Waals surface area contributed by atoms with Crippen molar-refractivity contribution in [3.63, 3.8) is 0 Å². The molecule has 0 amide bonds. The minimum absolute atomic E-state index is 0.0494. The fourth-order valence-corrected chi connectivity index (χ4v) is 5.59. The molecule has 0 bridgehead atoms. The molecule has 2 aliphatic rings. The van der Waals surface area contributed by atoms with Crippen LogP contribution in [-0.2, 0) is 14.6 Å². The van der Waals surface area contributed by atoms with Crippen molar-refractivity contribution >= 4 is 27.3 Å². The predicted octanol–water partition coefficient (Wildman–Crippen LogP) is 4.21. The Hall–Kier alpha value is -2.75. The third kappa shape index (κ3) is 4.28. The first-order chi connectivity index (χ1) is 15.8. The highest BCUT2D eigenvalue weighted by Gasteiger charge is 2.35. The van der Waals surface area contributed by atoms with E-state index < -0.39 is 9.84 Å². The molecule has 1 fully saturated rings. The molecule has 1 aromatic heterocycles. The summed E-state index contributed by atoms with van der Waals surface area (Å²) in [7, 11) is -4.04. The first-order valence-corrected chi connectivity index (χ1v) is 12.5. The molecule has 0 aliphatic carbocycles. The van der Waals surface area contributed by atoms with Crippen LogP contribution in [-0.4, -0.2) is 51.9 Å². The molecule has 1 saturated heterocycles. The largest absolute Gasteiger partial charge is 0.486 e. The molecular weight excluding hydrogens is 468 g/mol. The third-order valence-electron chi connectivity index (χ3n) is 5.44. The van der Waals surface area contributed by atoms with Gasteiger partial charge in [0.25, 0.3) is 0 Å². The zero-order chi connectivity index (χ0) is 23.2. The van der Waals surface area contributed by atoms with Gasteiger partial charge in [0.05, 0.1) is 17.1 Å². The molecule has 10 heteroatoms. The summed E-state index contributed by atoms with van der Waals surface area (Å²) < 4.78 is 50.5. The molecule has 0 N–H and O–H groups in total. The standard InChI is InChI=1S/C23H23ClN2O6S/c1-14-12-26(13-15(2)31-14)23-22(25-21(32-23)16-4-3-5-17(24)10-16)33(27,28)18-6-7-19-20(11-18)30-9-8-29-19/h3-7,10-11,14-15H,8-9,12-13H2,1-2H3. The van der Waals surface area contributed by atoms with Gasteiger partial charge in [0.15, 0.2) is 11.5 Å². The number of halogens is 1. The maximum Gasteiger partial charge on any atom is 0.236 e. The molecule has 0 saturated carbocycles. The molecule has 174 valence electrons. The van der Waals surface area contributed by atoms with Gasteiger partial charge in [0.2, 0.25) is 26.6 Å². The zero-order valence-electron chi connectivity index (χ0n) is 18.2. The smallest absolute Gasteiger partial charge is 0.236 e. The molecule has 2 unspecified atom stereocenters. The van der Waals surface area contributed by atoms with Gasteiger partial charge in [-0.15, -0.1) is 0 Å². The Balaban J connectivity index is 1.63. The van der Waals surface area contributed by atoms with Crippen molar-refractivity contribution in [2.45, 2.75) is 36.0 Å². The van der Waals surface area contributed by atoms with Crippen LogP contribution >= 0.6 is 11.6 Å². The van der Waals surface area contributed by atoms with Crippen molar-refractivity contribution in [2.75, 3.05) is 31.2 Å². The van der Waals surface area contributed by atoms with Crippen LogP contribution in [0, 0.1) is 0 Å². The molecule has 5 rings (SSSR count). The molecule has 2 atom stereocenters. The number of hydrogen-bond acceptors (Lipinski definition) is 8. The van der Waals surface area contributed by atoms with Gasteiger partial charge in [-0.25, -0.2) is 8.42 Å². The fourth-order valence-electron chi connectivity index (χ4n) is 4.06. The summed E-state index contributed by atoms with van der Waals surface area (Å²) in [4.78, 5) is 6.35. The normalized spacial score (nSPS) is 20.6. The molecule has 3 heterocycles. The van der Waals surface area contributed by atoms with Gasteiger partial charge in [-0.1, -0.05) is 17.7 Å². The minimum Gasteiger partial charge on any atom is -0.486 e. The van der Waals surface area contributed by atoms with Crippen LogP contribution in [0.3, 0.4) is 0 Å². The number of ether oxygens (including phenoxy) is 3. The van der Waals surface area contributed by atoms with Crippen molar-refractivity contribution in [2.24, 2.45) is 0 Å². The second kappa shape index (κ2) is 8.55. The number of fused-ring (bicyclic) bond motifs is 1. The molecule has 0 spiro atoms. The number of benzene rings is 2. The third-order valence-corrected chi connectivity index (χ3v) is 7.32. The van der Waals surface area contributed by atoms with Crippen LogP contribution < -0.4 is 14.4 Å². The van der Waals surface area contributed by atoms with E-state index >= 15 is 0 Å². The summed E-state index contributed by atoms with van der Waals surface area (Å²) in [6.45, 7) is 5.59. The van der Waals surface area contributed by atoms with Crippen molar-refractivity contribution in [1.82, 2.24) is 4.98 Å². The maximum absolute atomic E-state index is 13.8. The number of morpholine rings is 1. The van der Waals surface area contributed by atoms with Crippen LogP contribution in [0.15, 0.2) is 56.8 Å². The van der Waals surface area contributed by atoms with Gasteiger partial charge in [-0.3, -0.25) is 0 Å². The summed E-state index contributed by atoms with van der Waals surface area (Å²) in [6.07, 6.45) is -0.198. The Labute approximate surface area is 196 Å². The molecule has 2 aliphatic heterocycles. The predicted molar refractivity (Wildman–Crippen MR) is 122 cm³/mol. The zero-order valence-corrected chi connectivity index (χ0v) is 19.7. The van der Waals surface area contributed by atoms with Crippen LogP contribution in [0.5, 0.6) is 11.5 Å². The second-order valence-corrected chi connectivity index (χ2v) is 10.4. The monoisotopic (exact) mass is 490 g/mol. The minimum atomic E-state index is -4.04. The molecule has 2 aromatic carbocycles. The van der Waals surface area contributed by atoms with Crippen LogP contribution in [0.25, 0.3) is 11.5 Å². The topological polar surface area (TPSA) is 91.1 Å². The van der Waals surface area contributed by atoms with Crippen molar-refractivity contribution in [3.8, 4) is 23.0 Å². The number of nitrogens with zero attached hydrogens (tertiary/aromatic N) is 2. The van der Waals surface area contributed by atoms with Gasteiger partial charge >= 0.3 is 0 Å². The van der Waals surface area contributed by atoms with E-state index in [1.165, 1.54) is 12.1 Å². The van der Waals surface area contributed by atoms with E-state index in [1.54, 1.807) is 30.3 Å². The second-order valence-electron chi connectivity index (χ2n) is 8.11. The van der Waals surface area contributed by atoms with Gasteiger partial charge in [0, 0.05) is 29.7 Å². The van der Waals surface area contributed by atoms with Gasteiger partial charge in [0.1, 0.15) is 13.2 Å². The van der Waals surface area contributed by atoms with E-state index in [0.29, 0.717) is 48.4 Å². The highest BCUT2D eigenvalue weighted by molar-refractivity contribution is 7.91. The van der Waals surface area contributed by atoms with Gasteiger partial charge in [-0.2, -0.15) is 4.98 Å². The maximum atomic E-state index is 13.8. The molecule has 33 heavy (non-hydrogen) atoms. The molecule has 3 aromatic rings. The van der Waals surface area contributed by atoms with E-state index in [-0.39, 0.29) is 33.9 Å². The number of anilines is 1. The Bertz CT molecular complexity index is 1280. The quantitative estimate of drug-likeness (QED) is 0.537. The summed E-state index contributed by atoms with van der Waals surface area (Å²) in [5, 5.41) is 0.340. The highest BCUT2D eigenvalue weighted by Crippen LogP contribution is 2.39. The number of oxazole rings is 1. The van der Waals surface area contributed by atoms with Crippen LogP contribution in [0.2, 0.25) is 5.02 Å². The summed E-state index contributed by atoms with van der Waals surface area (Å²) in [6, 6.07) is 11.5. The van der Waals surface area contributed by atoms with Crippen LogP contribution in [0.1, 0.15) is 13.8 Å². The lowest BCUT2D eigenvalue weighted by atomic mass is 10.2.